The minimum absolute atomic E-state index is 0.0346. The van der Waals surface area contributed by atoms with Gasteiger partial charge in [-0.25, -0.2) is 14.8 Å². The Morgan fingerprint density at radius 2 is 2.06 bits per heavy atom. The zero-order valence-electron chi connectivity index (χ0n) is 9.08. The standard InChI is InChI=1S/C11H10N4O2/c1-7-13-6-9(11(16)17)10(14-7)15-8-2-4-12-5-3-8/h2-6H,1H3,(H,16,17)(H,12,13,14,15). The van der Waals surface area contributed by atoms with Gasteiger partial charge in [-0.3, -0.25) is 4.98 Å². The number of aromatic nitrogens is 3. The molecule has 2 aromatic heterocycles. The van der Waals surface area contributed by atoms with Crippen LogP contribution in [0, 0.1) is 6.92 Å². The second-order valence-corrected chi connectivity index (χ2v) is 3.35. The number of aromatic carboxylic acids is 1. The zero-order chi connectivity index (χ0) is 12.3. The molecule has 0 aliphatic carbocycles. The van der Waals surface area contributed by atoms with E-state index in [-0.39, 0.29) is 11.4 Å². The predicted molar refractivity (Wildman–Crippen MR) is 61.2 cm³/mol. The Kier molecular flexibility index (Phi) is 2.95. The van der Waals surface area contributed by atoms with Crippen LogP contribution in [-0.2, 0) is 0 Å². The lowest BCUT2D eigenvalue weighted by Crippen LogP contribution is -2.07. The van der Waals surface area contributed by atoms with Gasteiger partial charge < -0.3 is 10.4 Å². The van der Waals surface area contributed by atoms with Crippen molar-refractivity contribution in [2.24, 2.45) is 0 Å². The average molecular weight is 230 g/mol. The van der Waals surface area contributed by atoms with Gasteiger partial charge in [0.05, 0.1) is 0 Å². The summed E-state index contributed by atoms with van der Waals surface area (Å²) < 4.78 is 0. The van der Waals surface area contributed by atoms with Gasteiger partial charge in [0, 0.05) is 24.3 Å². The average Bonchev–Trinajstić information content (AvgIpc) is 2.30. The summed E-state index contributed by atoms with van der Waals surface area (Å²) in [6, 6.07) is 3.45. The van der Waals surface area contributed by atoms with E-state index in [1.807, 2.05) is 0 Å². The first-order valence-electron chi connectivity index (χ1n) is 4.91. The summed E-state index contributed by atoms with van der Waals surface area (Å²) in [6.45, 7) is 1.70. The molecule has 6 heteroatoms. The Morgan fingerprint density at radius 3 is 2.71 bits per heavy atom. The Morgan fingerprint density at radius 1 is 1.35 bits per heavy atom. The van der Waals surface area contributed by atoms with Crippen LogP contribution in [0.4, 0.5) is 11.5 Å². The number of carboxylic acid groups (broad SMARTS) is 1. The van der Waals surface area contributed by atoms with Crippen LogP contribution in [0.2, 0.25) is 0 Å². The number of carbonyl (C=O) groups is 1. The number of carboxylic acids is 1. The van der Waals surface area contributed by atoms with Crippen molar-refractivity contribution in [3.05, 3.63) is 42.1 Å². The Balaban J connectivity index is 2.37. The highest BCUT2D eigenvalue weighted by atomic mass is 16.4. The van der Waals surface area contributed by atoms with Crippen LogP contribution < -0.4 is 5.32 Å². The fourth-order valence-electron chi connectivity index (χ4n) is 1.29. The number of hydrogen-bond acceptors (Lipinski definition) is 5. The van der Waals surface area contributed by atoms with Gasteiger partial charge in [0.2, 0.25) is 0 Å². The maximum atomic E-state index is 11.0. The topological polar surface area (TPSA) is 88.0 Å². The zero-order valence-corrected chi connectivity index (χ0v) is 9.08. The van der Waals surface area contributed by atoms with Crippen LogP contribution in [0.3, 0.4) is 0 Å². The van der Waals surface area contributed by atoms with Crippen molar-refractivity contribution in [3.63, 3.8) is 0 Å². The van der Waals surface area contributed by atoms with E-state index in [0.29, 0.717) is 5.82 Å². The molecule has 6 nitrogen and oxygen atoms in total. The summed E-state index contributed by atoms with van der Waals surface area (Å²) in [5.74, 6) is -0.288. The molecule has 0 spiro atoms. The lowest BCUT2D eigenvalue weighted by molar-refractivity contribution is 0.0697. The van der Waals surface area contributed by atoms with E-state index in [4.69, 9.17) is 5.11 Å². The predicted octanol–water partition coefficient (Wildman–Crippen LogP) is 1.62. The lowest BCUT2D eigenvalue weighted by atomic mass is 10.3. The van der Waals surface area contributed by atoms with Gasteiger partial charge in [0.25, 0.3) is 0 Å². The highest BCUT2D eigenvalue weighted by molar-refractivity contribution is 5.93. The van der Waals surface area contributed by atoms with E-state index < -0.39 is 5.97 Å². The van der Waals surface area contributed by atoms with Gasteiger partial charge in [-0.05, 0) is 19.1 Å². The SMILES string of the molecule is Cc1ncc(C(=O)O)c(Nc2ccncc2)n1. The number of pyridine rings is 1. The molecule has 2 rings (SSSR count). The van der Waals surface area contributed by atoms with Crippen molar-refractivity contribution < 1.29 is 9.90 Å². The molecule has 0 amide bonds. The molecule has 2 aromatic rings. The van der Waals surface area contributed by atoms with E-state index in [1.165, 1.54) is 6.20 Å². The number of rotatable bonds is 3. The van der Waals surface area contributed by atoms with E-state index in [9.17, 15) is 4.79 Å². The molecule has 0 saturated heterocycles. The number of aryl methyl sites for hydroxylation is 1. The summed E-state index contributed by atoms with van der Waals surface area (Å²) in [6.07, 6.45) is 4.50. The second kappa shape index (κ2) is 4.56. The molecule has 0 bridgehead atoms. The van der Waals surface area contributed by atoms with Crippen LogP contribution in [0.15, 0.2) is 30.7 Å². The summed E-state index contributed by atoms with van der Waals surface area (Å²) in [4.78, 5) is 22.8. The number of anilines is 2. The third kappa shape index (κ3) is 2.54. The van der Waals surface area contributed by atoms with E-state index in [2.05, 4.69) is 20.3 Å². The lowest BCUT2D eigenvalue weighted by Gasteiger charge is -2.08. The first-order chi connectivity index (χ1) is 8.16. The summed E-state index contributed by atoms with van der Waals surface area (Å²) in [5.41, 5.74) is 0.757. The van der Waals surface area contributed by atoms with Gasteiger partial charge in [-0.1, -0.05) is 0 Å². The quantitative estimate of drug-likeness (QED) is 0.833. The second-order valence-electron chi connectivity index (χ2n) is 3.35. The first-order valence-corrected chi connectivity index (χ1v) is 4.91. The molecule has 0 fully saturated rings. The summed E-state index contributed by atoms with van der Waals surface area (Å²) in [7, 11) is 0. The molecular weight excluding hydrogens is 220 g/mol. The van der Waals surface area contributed by atoms with Crippen molar-refractivity contribution in [2.45, 2.75) is 6.92 Å². The van der Waals surface area contributed by atoms with Crippen molar-refractivity contribution in [3.8, 4) is 0 Å². The molecule has 0 unspecified atom stereocenters. The Bertz CT molecular complexity index is 542. The summed E-state index contributed by atoms with van der Waals surface area (Å²) >= 11 is 0. The van der Waals surface area contributed by atoms with E-state index in [1.54, 1.807) is 31.5 Å². The minimum atomic E-state index is -1.07. The van der Waals surface area contributed by atoms with Crippen LogP contribution in [-0.4, -0.2) is 26.0 Å². The fraction of sp³-hybridized carbons (Fsp3) is 0.0909. The third-order valence-corrected chi connectivity index (χ3v) is 2.08. The van der Waals surface area contributed by atoms with Gasteiger partial charge in [-0.15, -0.1) is 0 Å². The molecular formula is C11H10N4O2. The highest BCUT2D eigenvalue weighted by Crippen LogP contribution is 2.17. The largest absolute Gasteiger partial charge is 0.477 e. The molecule has 0 radical (unpaired) electrons. The monoisotopic (exact) mass is 230 g/mol. The molecule has 0 aromatic carbocycles. The molecule has 0 saturated carbocycles. The van der Waals surface area contributed by atoms with Gasteiger partial charge in [-0.2, -0.15) is 0 Å². The van der Waals surface area contributed by atoms with Crippen LogP contribution in [0.5, 0.6) is 0 Å². The molecule has 17 heavy (non-hydrogen) atoms. The van der Waals surface area contributed by atoms with Crippen LogP contribution in [0.1, 0.15) is 16.2 Å². The number of hydrogen-bond donors (Lipinski definition) is 2. The van der Waals surface area contributed by atoms with Gasteiger partial charge in [0.15, 0.2) is 0 Å². The van der Waals surface area contributed by atoms with Crippen LogP contribution >= 0.6 is 0 Å². The highest BCUT2D eigenvalue weighted by Gasteiger charge is 2.12. The van der Waals surface area contributed by atoms with Gasteiger partial charge in [0.1, 0.15) is 17.2 Å². The smallest absolute Gasteiger partial charge is 0.341 e. The van der Waals surface area contributed by atoms with Crippen molar-refractivity contribution in [1.82, 2.24) is 15.0 Å². The normalized spacial score (nSPS) is 9.94. The third-order valence-electron chi connectivity index (χ3n) is 2.08. The number of nitrogens with one attached hydrogen (secondary N) is 1. The first kappa shape index (κ1) is 11.0. The maximum absolute atomic E-state index is 11.0. The minimum Gasteiger partial charge on any atom is -0.477 e. The Hall–Kier alpha value is -2.50. The molecule has 0 atom stereocenters. The van der Waals surface area contributed by atoms with E-state index >= 15 is 0 Å². The Labute approximate surface area is 97.4 Å². The van der Waals surface area contributed by atoms with Crippen molar-refractivity contribution >= 4 is 17.5 Å². The van der Waals surface area contributed by atoms with Gasteiger partial charge >= 0.3 is 5.97 Å². The summed E-state index contributed by atoms with van der Waals surface area (Å²) in [5, 5.41) is 11.9. The molecule has 2 N–H and O–H groups in total. The molecule has 0 aliphatic rings. The van der Waals surface area contributed by atoms with Crippen LogP contribution in [0.25, 0.3) is 0 Å². The van der Waals surface area contributed by atoms with E-state index in [0.717, 1.165) is 5.69 Å². The molecule has 0 aliphatic heterocycles. The fourth-order valence-corrected chi connectivity index (χ4v) is 1.29. The van der Waals surface area contributed by atoms with Crippen molar-refractivity contribution in [2.75, 3.05) is 5.32 Å². The van der Waals surface area contributed by atoms with Crippen molar-refractivity contribution in [1.29, 1.82) is 0 Å². The maximum Gasteiger partial charge on any atom is 0.341 e. The molecule has 86 valence electrons. The number of nitrogens with zero attached hydrogens (tertiary/aromatic N) is 3. The molecule has 2 heterocycles.